The molecule has 0 saturated carbocycles. The van der Waals surface area contributed by atoms with Crippen molar-refractivity contribution in [3.8, 4) is 11.5 Å². The standard InChI is InChI=1S/C18H20ClNO4/c1-12(24-16-9-5-14(19)6-10-16)18(22)20-11-17(21)13-3-7-15(23-2)8-4-13/h3-10,12,17,21H,11H2,1-2H3,(H,20,22). The maximum Gasteiger partial charge on any atom is 0.260 e. The molecule has 0 aromatic heterocycles. The molecule has 0 bridgehead atoms. The fraction of sp³-hybridized carbons (Fsp3) is 0.278. The van der Waals surface area contributed by atoms with E-state index in [0.717, 1.165) is 0 Å². The van der Waals surface area contributed by atoms with Crippen molar-refractivity contribution in [2.75, 3.05) is 13.7 Å². The van der Waals surface area contributed by atoms with Crippen LogP contribution < -0.4 is 14.8 Å². The summed E-state index contributed by atoms with van der Waals surface area (Å²) in [5, 5.41) is 13.4. The summed E-state index contributed by atoms with van der Waals surface area (Å²) in [4.78, 5) is 12.1. The van der Waals surface area contributed by atoms with Crippen LogP contribution in [-0.4, -0.2) is 30.8 Å². The Morgan fingerprint density at radius 3 is 2.29 bits per heavy atom. The van der Waals surface area contributed by atoms with Crippen LogP contribution in [0.2, 0.25) is 5.02 Å². The average Bonchev–Trinajstić information content (AvgIpc) is 2.61. The molecular formula is C18H20ClNO4. The van der Waals surface area contributed by atoms with Gasteiger partial charge in [-0.05, 0) is 48.9 Å². The van der Waals surface area contributed by atoms with E-state index in [-0.39, 0.29) is 12.5 Å². The Labute approximate surface area is 146 Å². The normalized spacial score (nSPS) is 13.0. The molecule has 0 aliphatic heterocycles. The number of halogens is 1. The zero-order valence-corrected chi connectivity index (χ0v) is 14.3. The van der Waals surface area contributed by atoms with Gasteiger partial charge in [0, 0.05) is 11.6 Å². The molecule has 0 fully saturated rings. The number of nitrogens with one attached hydrogen (secondary N) is 1. The van der Waals surface area contributed by atoms with E-state index in [9.17, 15) is 9.90 Å². The second-order valence-electron chi connectivity index (χ2n) is 5.25. The minimum Gasteiger partial charge on any atom is -0.497 e. The molecule has 128 valence electrons. The molecule has 0 aliphatic rings. The van der Waals surface area contributed by atoms with E-state index in [2.05, 4.69) is 5.32 Å². The predicted molar refractivity (Wildman–Crippen MR) is 92.5 cm³/mol. The molecule has 1 amide bonds. The van der Waals surface area contributed by atoms with Crippen molar-refractivity contribution in [3.05, 3.63) is 59.1 Å². The molecule has 0 saturated heterocycles. The van der Waals surface area contributed by atoms with Gasteiger partial charge in [0.25, 0.3) is 5.91 Å². The van der Waals surface area contributed by atoms with Crippen LogP contribution >= 0.6 is 11.6 Å². The van der Waals surface area contributed by atoms with Crippen molar-refractivity contribution in [1.29, 1.82) is 0 Å². The first-order chi connectivity index (χ1) is 11.5. The zero-order chi connectivity index (χ0) is 17.5. The lowest BCUT2D eigenvalue weighted by Gasteiger charge is -2.17. The highest BCUT2D eigenvalue weighted by atomic mass is 35.5. The lowest BCUT2D eigenvalue weighted by Crippen LogP contribution is -2.38. The molecular weight excluding hydrogens is 330 g/mol. The molecule has 0 aliphatic carbocycles. The van der Waals surface area contributed by atoms with Crippen molar-refractivity contribution in [1.82, 2.24) is 5.32 Å². The molecule has 2 unspecified atom stereocenters. The van der Waals surface area contributed by atoms with E-state index in [4.69, 9.17) is 21.1 Å². The Morgan fingerprint density at radius 1 is 1.12 bits per heavy atom. The van der Waals surface area contributed by atoms with Crippen LogP contribution in [-0.2, 0) is 4.79 Å². The van der Waals surface area contributed by atoms with Crippen LogP contribution in [0.1, 0.15) is 18.6 Å². The lowest BCUT2D eigenvalue weighted by atomic mass is 10.1. The van der Waals surface area contributed by atoms with Gasteiger partial charge in [-0.15, -0.1) is 0 Å². The first-order valence-corrected chi connectivity index (χ1v) is 7.89. The van der Waals surface area contributed by atoms with Gasteiger partial charge >= 0.3 is 0 Å². The molecule has 24 heavy (non-hydrogen) atoms. The number of aliphatic hydroxyl groups is 1. The van der Waals surface area contributed by atoms with Crippen molar-refractivity contribution in [2.24, 2.45) is 0 Å². The molecule has 6 heteroatoms. The molecule has 2 aromatic rings. The van der Waals surface area contributed by atoms with Crippen molar-refractivity contribution >= 4 is 17.5 Å². The van der Waals surface area contributed by atoms with Crippen molar-refractivity contribution in [2.45, 2.75) is 19.1 Å². The summed E-state index contributed by atoms with van der Waals surface area (Å²) < 4.78 is 10.6. The second kappa shape index (κ2) is 8.57. The van der Waals surface area contributed by atoms with Gasteiger partial charge in [-0.25, -0.2) is 0 Å². The van der Waals surface area contributed by atoms with E-state index in [1.807, 2.05) is 0 Å². The number of hydrogen-bond donors (Lipinski definition) is 2. The maximum absolute atomic E-state index is 12.1. The molecule has 2 rings (SSSR count). The van der Waals surface area contributed by atoms with Gasteiger partial charge in [0.15, 0.2) is 6.10 Å². The topological polar surface area (TPSA) is 67.8 Å². The summed E-state index contributed by atoms with van der Waals surface area (Å²) in [6, 6.07) is 13.8. The molecule has 2 N–H and O–H groups in total. The second-order valence-corrected chi connectivity index (χ2v) is 5.68. The number of ether oxygens (including phenoxy) is 2. The first-order valence-electron chi connectivity index (χ1n) is 7.51. The van der Waals surface area contributed by atoms with Gasteiger partial charge in [0.05, 0.1) is 13.2 Å². The smallest absolute Gasteiger partial charge is 0.260 e. The average molecular weight is 350 g/mol. The summed E-state index contributed by atoms with van der Waals surface area (Å²) in [7, 11) is 1.58. The molecule has 5 nitrogen and oxygen atoms in total. The molecule has 0 radical (unpaired) electrons. The SMILES string of the molecule is COc1ccc(C(O)CNC(=O)C(C)Oc2ccc(Cl)cc2)cc1. The Morgan fingerprint density at radius 2 is 1.71 bits per heavy atom. The van der Waals surface area contributed by atoms with Crippen LogP contribution in [0.5, 0.6) is 11.5 Å². The summed E-state index contributed by atoms with van der Waals surface area (Å²) in [6.45, 7) is 1.74. The van der Waals surface area contributed by atoms with Crippen LogP contribution in [0.15, 0.2) is 48.5 Å². The first kappa shape index (κ1) is 18.1. The van der Waals surface area contributed by atoms with Gasteiger partial charge in [-0.2, -0.15) is 0 Å². The largest absolute Gasteiger partial charge is 0.497 e. The number of hydrogen-bond acceptors (Lipinski definition) is 4. The third kappa shape index (κ3) is 5.15. The monoisotopic (exact) mass is 349 g/mol. The van der Waals surface area contributed by atoms with Crippen molar-refractivity contribution < 1.29 is 19.4 Å². The van der Waals surface area contributed by atoms with E-state index >= 15 is 0 Å². The minimum atomic E-state index is -0.803. The van der Waals surface area contributed by atoms with Crippen LogP contribution in [0.25, 0.3) is 0 Å². The number of rotatable bonds is 7. The number of carbonyl (C=O) groups excluding carboxylic acids is 1. The predicted octanol–water partition coefficient (Wildman–Crippen LogP) is 2.97. The summed E-state index contributed by atoms with van der Waals surface area (Å²) in [5.74, 6) is 0.954. The lowest BCUT2D eigenvalue weighted by molar-refractivity contribution is -0.127. The summed E-state index contributed by atoms with van der Waals surface area (Å²) in [6.07, 6.45) is -1.49. The van der Waals surface area contributed by atoms with Crippen LogP contribution in [0.4, 0.5) is 0 Å². The summed E-state index contributed by atoms with van der Waals surface area (Å²) in [5.41, 5.74) is 0.697. The van der Waals surface area contributed by atoms with Gasteiger partial charge in [0.2, 0.25) is 0 Å². The van der Waals surface area contributed by atoms with Gasteiger partial charge in [-0.1, -0.05) is 23.7 Å². The zero-order valence-electron chi connectivity index (χ0n) is 13.5. The molecule has 2 atom stereocenters. The molecule has 0 heterocycles. The van der Waals surface area contributed by atoms with Crippen LogP contribution in [0.3, 0.4) is 0 Å². The van der Waals surface area contributed by atoms with Gasteiger partial charge < -0.3 is 19.9 Å². The third-order valence-corrected chi connectivity index (χ3v) is 3.72. The molecule has 0 spiro atoms. The minimum absolute atomic E-state index is 0.0967. The highest BCUT2D eigenvalue weighted by molar-refractivity contribution is 6.30. The number of amides is 1. The third-order valence-electron chi connectivity index (χ3n) is 3.47. The van der Waals surface area contributed by atoms with E-state index < -0.39 is 12.2 Å². The van der Waals surface area contributed by atoms with Crippen LogP contribution in [0, 0.1) is 0 Å². The van der Waals surface area contributed by atoms with E-state index in [1.54, 1.807) is 62.6 Å². The van der Waals surface area contributed by atoms with E-state index in [1.165, 1.54) is 0 Å². The van der Waals surface area contributed by atoms with Crippen molar-refractivity contribution in [3.63, 3.8) is 0 Å². The van der Waals surface area contributed by atoms with Gasteiger partial charge in [-0.3, -0.25) is 4.79 Å². The maximum atomic E-state index is 12.1. The highest BCUT2D eigenvalue weighted by Gasteiger charge is 2.16. The number of carbonyl (C=O) groups is 1. The van der Waals surface area contributed by atoms with E-state index in [0.29, 0.717) is 22.1 Å². The number of aliphatic hydroxyl groups excluding tert-OH is 1. The van der Waals surface area contributed by atoms with Gasteiger partial charge in [0.1, 0.15) is 11.5 Å². The Balaban J connectivity index is 1.83. The number of methoxy groups -OCH3 is 1. The fourth-order valence-corrected chi connectivity index (χ4v) is 2.18. The Hall–Kier alpha value is -2.24. The Kier molecular flexibility index (Phi) is 6.46. The Bertz CT molecular complexity index is 658. The quantitative estimate of drug-likeness (QED) is 0.806. The number of benzene rings is 2. The fourth-order valence-electron chi connectivity index (χ4n) is 2.06. The highest BCUT2D eigenvalue weighted by Crippen LogP contribution is 2.18. The summed E-state index contributed by atoms with van der Waals surface area (Å²) >= 11 is 5.80. The molecule has 2 aromatic carbocycles.